The zero-order valence-corrected chi connectivity index (χ0v) is 15.3. The molecule has 0 bridgehead atoms. The van der Waals surface area contributed by atoms with Crippen LogP contribution in [0.15, 0.2) is 73.3 Å². The van der Waals surface area contributed by atoms with Gasteiger partial charge in [-0.05, 0) is 72.6 Å². The number of anilines is 2. The van der Waals surface area contributed by atoms with Crippen molar-refractivity contribution in [2.24, 2.45) is 0 Å². The molecule has 140 valence electrons. The van der Waals surface area contributed by atoms with Gasteiger partial charge in [-0.25, -0.2) is 4.39 Å². The van der Waals surface area contributed by atoms with Crippen molar-refractivity contribution in [3.8, 4) is 0 Å². The normalized spacial score (nSPS) is 10.2. The Morgan fingerprint density at radius 1 is 0.929 bits per heavy atom. The number of hydrogen-bond donors (Lipinski definition) is 2. The van der Waals surface area contributed by atoms with Crippen molar-refractivity contribution in [1.82, 2.24) is 0 Å². The summed E-state index contributed by atoms with van der Waals surface area (Å²) in [6, 6.07) is 17.9. The molecule has 3 aromatic rings. The number of hydrogen-bond acceptors (Lipinski definition) is 3. The summed E-state index contributed by atoms with van der Waals surface area (Å²) in [5, 5.41) is 5.95. The Morgan fingerprint density at radius 3 is 2.18 bits per heavy atom. The van der Waals surface area contributed by atoms with Crippen LogP contribution in [0.1, 0.15) is 31.8 Å². The van der Waals surface area contributed by atoms with Crippen LogP contribution in [0, 0.1) is 12.7 Å². The standard InChI is InChI=1S/C23H19FN2O2/c1-15-13-17(14-27)3-12-22(15)25-16(2)18-4-6-19(7-5-18)23(28)26-21-10-8-20(24)9-11-21/h3-14,25H,2H2,1H3,(H,26,28). The van der Waals surface area contributed by atoms with E-state index >= 15 is 0 Å². The molecule has 3 aromatic carbocycles. The fourth-order valence-corrected chi connectivity index (χ4v) is 2.69. The lowest BCUT2D eigenvalue weighted by Crippen LogP contribution is -2.12. The first-order valence-corrected chi connectivity index (χ1v) is 8.65. The third kappa shape index (κ3) is 4.51. The number of carbonyl (C=O) groups excluding carboxylic acids is 2. The van der Waals surface area contributed by atoms with E-state index in [1.807, 2.05) is 13.0 Å². The summed E-state index contributed by atoms with van der Waals surface area (Å²) in [4.78, 5) is 23.1. The maximum Gasteiger partial charge on any atom is 0.255 e. The van der Waals surface area contributed by atoms with Gasteiger partial charge in [-0.15, -0.1) is 0 Å². The Labute approximate surface area is 162 Å². The van der Waals surface area contributed by atoms with Gasteiger partial charge in [-0.3, -0.25) is 9.59 Å². The predicted octanol–water partition coefficient (Wildman–Crippen LogP) is 5.28. The maximum absolute atomic E-state index is 12.9. The monoisotopic (exact) mass is 374 g/mol. The van der Waals surface area contributed by atoms with E-state index in [1.54, 1.807) is 36.4 Å². The van der Waals surface area contributed by atoms with Crippen LogP contribution in [-0.2, 0) is 0 Å². The SMILES string of the molecule is C=C(Nc1ccc(C=O)cc1C)c1ccc(C(=O)Nc2ccc(F)cc2)cc1. The molecule has 0 saturated heterocycles. The van der Waals surface area contributed by atoms with Crippen molar-refractivity contribution in [3.05, 3.63) is 101 Å². The van der Waals surface area contributed by atoms with Crippen molar-refractivity contribution < 1.29 is 14.0 Å². The van der Waals surface area contributed by atoms with E-state index in [0.717, 1.165) is 23.1 Å². The molecule has 3 rings (SSSR count). The van der Waals surface area contributed by atoms with Crippen LogP contribution in [0.2, 0.25) is 0 Å². The lowest BCUT2D eigenvalue weighted by molar-refractivity contribution is 0.102. The smallest absolute Gasteiger partial charge is 0.255 e. The number of aldehydes is 1. The van der Waals surface area contributed by atoms with Gasteiger partial charge in [0.15, 0.2) is 0 Å². The highest BCUT2D eigenvalue weighted by molar-refractivity contribution is 6.04. The Bertz CT molecular complexity index is 1030. The quantitative estimate of drug-likeness (QED) is 0.577. The van der Waals surface area contributed by atoms with Crippen LogP contribution in [0.5, 0.6) is 0 Å². The molecule has 0 aliphatic heterocycles. The third-order valence-corrected chi connectivity index (χ3v) is 4.27. The molecular weight excluding hydrogens is 355 g/mol. The lowest BCUT2D eigenvalue weighted by Gasteiger charge is -2.13. The van der Waals surface area contributed by atoms with Gasteiger partial charge in [0.05, 0.1) is 0 Å². The van der Waals surface area contributed by atoms with Crippen LogP contribution in [0.4, 0.5) is 15.8 Å². The molecule has 0 radical (unpaired) electrons. The lowest BCUT2D eigenvalue weighted by atomic mass is 10.1. The van der Waals surface area contributed by atoms with Crippen LogP contribution in [0.25, 0.3) is 5.70 Å². The van der Waals surface area contributed by atoms with Crippen molar-refractivity contribution in [3.63, 3.8) is 0 Å². The van der Waals surface area contributed by atoms with Crippen molar-refractivity contribution >= 4 is 29.3 Å². The van der Waals surface area contributed by atoms with Crippen LogP contribution in [-0.4, -0.2) is 12.2 Å². The number of halogens is 1. The minimum Gasteiger partial charge on any atom is -0.355 e. The fourth-order valence-electron chi connectivity index (χ4n) is 2.69. The van der Waals surface area contributed by atoms with Crippen LogP contribution >= 0.6 is 0 Å². The molecule has 0 unspecified atom stereocenters. The van der Waals surface area contributed by atoms with Gasteiger partial charge in [0.25, 0.3) is 5.91 Å². The van der Waals surface area contributed by atoms with E-state index in [2.05, 4.69) is 17.2 Å². The number of benzene rings is 3. The Balaban J connectivity index is 1.67. The van der Waals surface area contributed by atoms with Gasteiger partial charge in [-0.2, -0.15) is 0 Å². The zero-order chi connectivity index (χ0) is 20.1. The largest absolute Gasteiger partial charge is 0.355 e. The van der Waals surface area contributed by atoms with Crippen molar-refractivity contribution in [1.29, 1.82) is 0 Å². The molecule has 0 aliphatic carbocycles. The first-order valence-electron chi connectivity index (χ1n) is 8.65. The van der Waals surface area contributed by atoms with Gasteiger partial charge in [0, 0.05) is 28.2 Å². The van der Waals surface area contributed by atoms with E-state index in [-0.39, 0.29) is 11.7 Å². The van der Waals surface area contributed by atoms with Crippen molar-refractivity contribution in [2.75, 3.05) is 10.6 Å². The van der Waals surface area contributed by atoms with Crippen LogP contribution < -0.4 is 10.6 Å². The third-order valence-electron chi connectivity index (χ3n) is 4.27. The number of aryl methyl sites for hydroxylation is 1. The summed E-state index contributed by atoms with van der Waals surface area (Å²) in [6.07, 6.45) is 0.807. The van der Waals surface area contributed by atoms with E-state index in [1.165, 1.54) is 24.3 Å². The number of carbonyl (C=O) groups is 2. The topological polar surface area (TPSA) is 58.2 Å². The second-order valence-electron chi connectivity index (χ2n) is 6.33. The van der Waals surface area contributed by atoms with Crippen molar-refractivity contribution in [2.45, 2.75) is 6.92 Å². The molecule has 0 heterocycles. The molecule has 5 heteroatoms. The molecule has 1 amide bonds. The molecule has 0 atom stereocenters. The highest BCUT2D eigenvalue weighted by atomic mass is 19.1. The highest BCUT2D eigenvalue weighted by Gasteiger charge is 2.08. The van der Waals surface area contributed by atoms with Gasteiger partial charge in [-0.1, -0.05) is 18.7 Å². The molecule has 0 saturated carbocycles. The summed E-state index contributed by atoms with van der Waals surface area (Å²) in [5.41, 5.74) is 4.91. The van der Waals surface area contributed by atoms with E-state index < -0.39 is 0 Å². The van der Waals surface area contributed by atoms with E-state index in [9.17, 15) is 14.0 Å². The summed E-state index contributed by atoms with van der Waals surface area (Å²) < 4.78 is 12.9. The number of nitrogens with one attached hydrogen (secondary N) is 2. The fraction of sp³-hybridized carbons (Fsp3) is 0.0435. The second kappa shape index (κ2) is 8.31. The average molecular weight is 374 g/mol. The summed E-state index contributed by atoms with van der Waals surface area (Å²) >= 11 is 0. The molecule has 0 aromatic heterocycles. The first kappa shape index (κ1) is 19.0. The molecule has 0 fully saturated rings. The predicted molar refractivity (Wildman–Crippen MR) is 110 cm³/mol. The second-order valence-corrected chi connectivity index (χ2v) is 6.33. The summed E-state index contributed by atoms with van der Waals surface area (Å²) in [7, 11) is 0. The average Bonchev–Trinajstić information content (AvgIpc) is 2.71. The Kier molecular flexibility index (Phi) is 5.65. The highest BCUT2D eigenvalue weighted by Crippen LogP contribution is 2.22. The number of rotatable bonds is 6. The molecule has 28 heavy (non-hydrogen) atoms. The summed E-state index contributed by atoms with van der Waals surface area (Å²) in [6.45, 7) is 5.95. The first-order chi connectivity index (χ1) is 13.5. The Hall–Kier alpha value is -3.73. The molecular formula is C23H19FN2O2. The maximum atomic E-state index is 12.9. The van der Waals surface area contributed by atoms with E-state index in [4.69, 9.17) is 0 Å². The van der Waals surface area contributed by atoms with Gasteiger partial charge in [0.1, 0.15) is 12.1 Å². The van der Waals surface area contributed by atoms with E-state index in [0.29, 0.717) is 22.5 Å². The van der Waals surface area contributed by atoms with Crippen LogP contribution in [0.3, 0.4) is 0 Å². The van der Waals surface area contributed by atoms with Gasteiger partial charge in [0.2, 0.25) is 0 Å². The van der Waals surface area contributed by atoms with Gasteiger partial charge < -0.3 is 10.6 Å². The van der Waals surface area contributed by atoms with Gasteiger partial charge >= 0.3 is 0 Å². The Morgan fingerprint density at radius 2 is 1.57 bits per heavy atom. The molecule has 0 spiro atoms. The summed E-state index contributed by atoms with van der Waals surface area (Å²) in [5.74, 6) is -0.638. The number of amides is 1. The molecule has 2 N–H and O–H groups in total. The minimum absolute atomic E-state index is 0.281. The molecule has 4 nitrogen and oxygen atoms in total. The minimum atomic E-state index is -0.357. The zero-order valence-electron chi connectivity index (χ0n) is 15.3. The molecule has 0 aliphatic rings.